The third-order valence-corrected chi connectivity index (χ3v) is 9.07. The van der Waals surface area contributed by atoms with Crippen molar-refractivity contribution in [2.45, 2.75) is 50.1 Å². The van der Waals surface area contributed by atoms with Crippen molar-refractivity contribution in [3.63, 3.8) is 0 Å². The van der Waals surface area contributed by atoms with Gasteiger partial charge in [-0.3, -0.25) is 19.4 Å². The Balaban J connectivity index is 1.31. The van der Waals surface area contributed by atoms with Gasteiger partial charge in [-0.15, -0.1) is 11.8 Å². The molecule has 3 saturated heterocycles. The average Bonchev–Trinajstić information content (AvgIpc) is 3.40. The van der Waals surface area contributed by atoms with Crippen LogP contribution in [0, 0.1) is 11.8 Å². The summed E-state index contributed by atoms with van der Waals surface area (Å²) < 4.78 is 0. The molecule has 6 atom stereocenters. The first-order valence-corrected chi connectivity index (χ1v) is 13.4. The fourth-order valence-corrected chi connectivity index (χ4v) is 7.15. The normalized spacial score (nSPS) is 30.2. The SMILES string of the molecule is CC(O)C1C(=O)N2C(C(=O)O)=C(SC3CNC(C(=O)N4CCN(C(=O)CCN=C(N)N)CC4)C3)C(C)[C@H]12. The predicted octanol–water partition coefficient (Wildman–Crippen LogP) is -2.06. The highest BCUT2D eigenvalue weighted by atomic mass is 32.2. The number of carboxylic acids is 1. The quantitative estimate of drug-likeness (QED) is 0.130. The second-order valence-electron chi connectivity index (χ2n) is 9.97. The Labute approximate surface area is 219 Å². The van der Waals surface area contributed by atoms with E-state index in [1.54, 1.807) is 16.7 Å². The number of guanidine groups is 1. The van der Waals surface area contributed by atoms with Gasteiger partial charge in [-0.2, -0.15) is 0 Å². The van der Waals surface area contributed by atoms with Crippen LogP contribution >= 0.6 is 11.8 Å². The van der Waals surface area contributed by atoms with Crippen LogP contribution in [-0.2, 0) is 19.2 Å². The maximum Gasteiger partial charge on any atom is 0.353 e. The lowest BCUT2D eigenvalue weighted by molar-refractivity contribution is -0.163. The van der Waals surface area contributed by atoms with E-state index in [-0.39, 0.29) is 59.6 Å². The van der Waals surface area contributed by atoms with Crippen LogP contribution in [0.25, 0.3) is 0 Å². The van der Waals surface area contributed by atoms with Crippen molar-refractivity contribution in [2.24, 2.45) is 28.3 Å². The van der Waals surface area contributed by atoms with E-state index in [0.29, 0.717) is 44.0 Å². The molecule has 14 heteroatoms. The molecule has 0 aromatic carbocycles. The van der Waals surface area contributed by atoms with Gasteiger partial charge in [0, 0.05) is 55.2 Å². The largest absolute Gasteiger partial charge is 0.477 e. The number of nitrogens with two attached hydrogens (primary N) is 2. The monoisotopic (exact) mass is 537 g/mol. The number of nitrogens with zero attached hydrogens (tertiary/aromatic N) is 4. The number of hydrogen-bond donors (Lipinski definition) is 5. The summed E-state index contributed by atoms with van der Waals surface area (Å²) in [6.07, 6.45) is -0.105. The van der Waals surface area contributed by atoms with Crippen LogP contribution < -0.4 is 16.8 Å². The molecule has 5 unspecified atom stereocenters. The predicted molar refractivity (Wildman–Crippen MR) is 136 cm³/mol. The number of hydrogen-bond acceptors (Lipinski definition) is 8. The summed E-state index contributed by atoms with van der Waals surface area (Å²) in [6.45, 7) is 5.97. The minimum absolute atomic E-state index is 0.000180. The Morgan fingerprint density at radius 3 is 2.43 bits per heavy atom. The number of piperazine rings is 1. The Bertz CT molecular complexity index is 1020. The fourth-order valence-electron chi connectivity index (χ4n) is 5.67. The Morgan fingerprint density at radius 1 is 1.19 bits per heavy atom. The number of nitrogens with one attached hydrogen (secondary N) is 1. The van der Waals surface area contributed by atoms with Crippen LogP contribution in [0.1, 0.15) is 26.7 Å². The molecule has 204 valence electrons. The summed E-state index contributed by atoms with van der Waals surface area (Å²) in [5.41, 5.74) is 10.6. The number of rotatable bonds is 8. The van der Waals surface area contributed by atoms with Crippen molar-refractivity contribution < 1.29 is 29.4 Å². The summed E-state index contributed by atoms with van der Waals surface area (Å²) in [6, 6.07) is -0.748. The van der Waals surface area contributed by atoms with Crippen molar-refractivity contribution >= 4 is 41.4 Å². The van der Waals surface area contributed by atoms with Gasteiger partial charge in [0.1, 0.15) is 5.70 Å². The molecule has 3 amide bonds. The molecule has 0 aromatic rings. The van der Waals surface area contributed by atoms with Crippen LogP contribution in [0.15, 0.2) is 15.6 Å². The van der Waals surface area contributed by atoms with Gasteiger partial charge in [-0.25, -0.2) is 4.79 Å². The molecule has 0 spiro atoms. The lowest BCUT2D eigenvalue weighted by Gasteiger charge is -2.46. The van der Waals surface area contributed by atoms with Crippen LogP contribution in [-0.4, -0.2) is 117 Å². The summed E-state index contributed by atoms with van der Waals surface area (Å²) in [5.74, 6) is -2.46. The van der Waals surface area contributed by atoms with Crippen molar-refractivity contribution in [1.82, 2.24) is 20.0 Å². The number of carbonyl (C=O) groups is 4. The fraction of sp³-hybridized carbons (Fsp3) is 0.696. The van der Waals surface area contributed by atoms with Crippen LogP contribution in [0.5, 0.6) is 0 Å². The van der Waals surface area contributed by atoms with Crippen LogP contribution in [0.3, 0.4) is 0 Å². The summed E-state index contributed by atoms with van der Waals surface area (Å²) in [4.78, 5) is 59.3. The molecule has 0 bridgehead atoms. The molecule has 4 rings (SSSR count). The highest BCUT2D eigenvalue weighted by molar-refractivity contribution is 8.03. The first-order valence-electron chi connectivity index (χ1n) is 12.5. The molecular formula is C23H35N7O6S. The van der Waals surface area contributed by atoms with Gasteiger partial charge in [-0.1, -0.05) is 6.92 Å². The Morgan fingerprint density at radius 2 is 1.84 bits per heavy atom. The lowest BCUT2D eigenvalue weighted by atomic mass is 9.79. The van der Waals surface area contributed by atoms with E-state index in [1.807, 2.05) is 6.92 Å². The van der Waals surface area contributed by atoms with Gasteiger partial charge < -0.3 is 41.7 Å². The Kier molecular flexibility index (Phi) is 7.99. The summed E-state index contributed by atoms with van der Waals surface area (Å²) >= 11 is 1.41. The molecule has 0 saturated carbocycles. The molecule has 37 heavy (non-hydrogen) atoms. The van der Waals surface area contributed by atoms with Crippen molar-refractivity contribution in [3.8, 4) is 0 Å². The number of aliphatic hydroxyl groups is 1. The Hall–Kier alpha value is -2.84. The van der Waals surface area contributed by atoms with Crippen molar-refractivity contribution in [1.29, 1.82) is 0 Å². The van der Waals surface area contributed by atoms with E-state index in [2.05, 4.69) is 10.3 Å². The van der Waals surface area contributed by atoms with E-state index in [1.165, 1.54) is 16.7 Å². The molecule has 4 heterocycles. The molecule has 0 radical (unpaired) electrons. The van der Waals surface area contributed by atoms with Crippen molar-refractivity contribution in [3.05, 3.63) is 10.6 Å². The van der Waals surface area contributed by atoms with E-state index in [0.717, 1.165) is 0 Å². The second-order valence-corrected chi connectivity index (χ2v) is 11.3. The zero-order chi connectivity index (χ0) is 27.0. The smallest absolute Gasteiger partial charge is 0.353 e. The van der Waals surface area contributed by atoms with Gasteiger partial charge in [-0.05, 0) is 13.3 Å². The first-order chi connectivity index (χ1) is 17.5. The van der Waals surface area contributed by atoms with Gasteiger partial charge in [0.2, 0.25) is 17.7 Å². The molecular weight excluding hydrogens is 502 g/mol. The highest BCUT2D eigenvalue weighted by Crippen LogP contribution is 2.51. The number of carboxylic acid groups (broad SMARTS) is 1. The second kappa shape index (κ2) is 10.9. The van der Waals surface area contributed by atoms with Crippen LogP contribution in [0.4, 0.5) is 0 Å². The molecule has 4 aliphatic rings. The molecule has 13 nitrogen and oxygen atoms in total. The molecule has 3 fully saturated rings. The summed E-state index contributed by atoms with van der Waals surface area (Å²) in [7, 11) is 0. The number of aliphatic carboxylic acids is 1. The number of aliphatic hydroxyl groups excluding tert-OH is 1. The zero-order valence-corrected chi connectivity index (χ0v) is 21.8. The highest BCUT2D eigenvalue weighted by Gasteiger charge is 2.60. The maximum absolute atomic E-state index is 13.1. The number of amides is 3. The van der Waals surface area contributed by atoms with E-state index in [4.69, 9.17) is 11.5 Å². The third kappa shape index (κ3) is 5.27. The third-order valence-electron chi connectivity index (χ3n) is 7.56. The molecule has 0 aliphatic carbocycles. The number of fused-ring (bicyclic) bond motifs is 1. The molecule has 7 N–H and O–H groups in total. The number of aliphatic imine (C=N–C) groups is 1. The standard InChI is InChI=1S/C23H35N7O6S/c1-11-17-16(12(2)31)21(34)30(17)18(22(35)36)19(11)37-13-9-14(27-10-13)20(33)29-7-5-28(6-8-29)15(32)3-4-26-23(24)25/h11-14,16-17,27,31H,3-10H2,1-2H3,(H,35,36)(H4,24,25,26)/t11?,12?,13?,14?,16?,17-/m1/s1. The number of β-lactam (4-membered cyclic amide) rings is 1. The van der Waals surface area contributed by atoms with Crippen molar-refractivity contribution in [2.75, 3.05) is 39.3 Å². The van der Waals surface area contributed by atoms with E-state index in [9.17, 15) is 29.4 Å². The van der Waals surface area contributed by atoms with E-state index >= 15 is 0 Å². The first kappa shape index (κ1) is 27.2. The molecule has 0 aromatic heterocycles. The average molecular weight is 538 g/mol. The number of thioether (sulfide) groups is 1. The topological polar surface area (TPSA) is 195 Å². The lowest BCUT2D eigenvalue weighted by Crippen LogP contribution is -2.63. The van der Waals surface area contributed by atoms with Gasteiger partial charge in [0.15, 0.2) is 5.96 Å². The minimum atomic E-state index is -1.15. The maximum atomic E-state index is 13.1. The number of carbonyl (C=O) groups excluding carboxylic acids is 3. The van der Waals surface area contributed by atoms with E-state index < -0.39 is 24.0 Å². The summed E-state index contributed by atoms with van der Waals surface area (Å²) in [5, 5.41) is 23.1. The molecule has 4 aliphatic heterocycles. The van der Waals surface area contributed by atoms with Gasteiger partial charge >= 0.3 is 5.97 Å². The minimum Gasteiger partial charge on any atom is -0.477 e. The zero-order valence-electron chi connectivity index (χ0n) is 21.0. The van der Waals surface area contributed by atoms with Gasteiger partial charge in [0.05, 0.1) is 30.7 Å². The van der Waals surface area contributed by atoms with Crippen LogP contribution in [0.2, 0.25) is 0 Å². The van der Waals surface area contributed by atoms with Gasteiger partial charge in [0.25, 0.3) is 0 Å².